The third kappa shape index (κ3) is 84.6. The predicted octanol–water partition coefficient (Wildman–Crippen LogP) is -3.97. The molecule has 18 heteroatoms. The third-order valence-corrected chi connectivity index (χ3v) is 1.19. The molecule has 24 heavy (non-hydrogen) atoms. The van der Waals surface area contributed by atoms with Crippen molar-refractivity contribution in [3.8, 4) is 0 Å². The van der Waals surface area contributed by atoms with E-state index in [2.05, 4.69) is 24.0 Å². The highest BCUT2D eigenvalue weighted by Crippen LogP contribution is 1.79. The van der Waals surface area contributed by atoms with Gasteiger partial charge >= 0.3 is 29.6 Å². The molecular weight excluding hydrogens is 347 g/mol. The molecule has 0 aliphatic heterocycles. The van der Waals surface area contributed by atoms with Crippen molar-refractivity contribution in [3.63, 3.8) is 0 Å². The summed E-state index contributed by atoms with van der Waals surface area (Å²) >= 11 is 0. The Hall–Kier alpha value is -1.13. The summed E-state index contributed by atoms with van der Waals surface area (Å²) < 4.78 is 44.6. The summed E-state index contributed by atoms with van der Waals surface area (Å²) in [4.78, 5) is 0. The van der Waals surface area contributed by atoms with E-state index < -0.39 is 29.6 Å². The molecule has 10 nitrogen and oxygen atoms in total. The van der Waals surface area contributed by atoms with Crippen LogP contribution in [-0.4, -0.2) is 74.3 Å². The number of rotatable bonds is 1. The van der Waals surface area contributed by atoms with E-state index in [9.17, 15) is 17.3 Å². The van der Waals surface area contributed by atoms with Gasteiger partial charge in [-0.25, -0.2) is 9.13 Å². The normalized spacial score (nSPS) is 7.75. The Labute approximate surface area is 136 Å². The van der Waals surface area contributed by atoms with Gasteiger partial charge in [0.05, 0.1) is 13.6 Å². The minimum atomic E-state index is -2.67. The van der Waals surface area contributed by atoms with E-state index in [-0.39, 0.29) is 0 Å². The number of aryl methyl sites for hydroxylation is 2. The first-order valence-corrected chi connectivity index (χ1v) is 5.78. The van der Waals surface area contributed by atoms with Gasteiger partial charge in [0.2, 0.25) is 6.33 Å². The van der Waals surface area contributed by atoms with Gasteiger partial charge in [0.1, 0.15) is 12.4 Å². The van der Waals surface area contributed by atoms with Gasteiger partial charge in [-0.3, -0.25) is 17.3 Å². The maximum Gasteiger partial charge on any atom is 0.674 e. The van der Waals surface area contributed by atoms with Gasteiger partial charge in [-0.05, 0) is 6.92 Å². The third-order valence-electron chi connectivity index (χ3n) is 1.19. The molecule has 1 heterocycles. The van der Waals surface area contributed by atoms with E-state index in [1.54, 1.807) is 0 Å². The topological polar surface area (TPSA) is 171 Å². The molecule has 0 amide bonds. The number of nitrogens with zero attached hydrogens (tertiary/aromatic N) is 2. The zero-order chi connectivity index (χ0) is 20.3. The van der Waals surface area contributed by atoms with E-state index >= 15 is 0 Å². The monoisotopic (exact) mass is 367 g/mol. The molecule has 0 unspecified atom stereocenters. The van der Waals surface area contributed by atoms with Gasteiger partial charge in [-0.15, -0.1) is 0 Å². The molecule has 0 aliphatic carbocycles. The molecule has 0 saturated heterocycles. The number of imidazole rings is 1. The Morgan fingerprint density at radius 1 is 0.792 bits per heavy atom. The Morgan fingerprint density at radius 3 is 1.12 bits per heavy atom. The lowest BCUT2D eigenvalue weighted by atomic mass is 10.3. The second kappa shape index (κ2) is 21.9. The van der Waals surface area contributed by atoms with Crippen molar-refractivity contribution >= 4 is 29.6 Å². The van der Waals surface area contributed by atoms with Crippen molar-refractivity contribution in [2.75, 3.05) is 0 Å². The first-order chi connectivity index (χ1) is 10.8. The highest BCUT2D eigenvalue weighted by molar-refractivity contribution is 6.32. The van der Waals surface area contributed by atoms with Gasteiger partial charge in [0.25, 0.3) is 0 Å². The van der Waals surface area contributed by atoms with Gasteiger partial charge < -0.3 is 40.2 Å². The van der Waals surface area contributed by atoms with Crippen molar-refractivity contribution < 1.29 is 62.0 Å². The van der Waals surface area contributed by atoms with Crippen molar-refractivity contribution in [2.45, 2.75) is 13.5 Å². The number of hydrogen-bond acceptors (Lipinski definition) is 8. The molecule has 0 fully saturated rings. The summed E-state index contributed by atoms with van der Waals surface area (Å²) in [7, 11) is -8.65. The van der Waals surface area contributed by atoms with E-state index in [4.69, 9.17) is 40.2 Å². The molecule has 0 atom stereocenters. The zero-order valence-corrected chi connectivity index (χ0v) is 12.7. The fourth-order valence-corrected chi connectivity index (χ4v) is 0.689. The molecule has 1 rings (SSSR count). The van der Waals surface area contributed by atoms with Crippen molar-refractivity contribution in [3.05, 3.63) is 18.7 Å². The van der Waals surface area contributed by atoms with Gasteiger partial charge in [0, 0.05) is 0 Å². The van der Waals surface area contributed by atoms with E-state index in [0.717, 1.165) is 6.54 Å². The van der Waals surface area contributed by atoms with Gasteiger partial charge in [-0.1, -0.05) is 0 Å². The molecule has 0 spiro atoms. The van der Waals surface area contributed by atoms with Crippen LogP contribution in [0.2, 0.25) is 0 Å². The minimum Gasteiger partial charge on any atom is -0.398 e. The van der Waals surface area contributed by atoms with Crippen LogP contribution in [0.25, 0.3) is 0 Å². The summed E-state index contributed by atoms with van der Waals surface area (Å²) in [5, 5.41) is 55.6. The van der Waals surface area contributed by atoms with Crippen LogP contribution < -0.4 is 4.57 Å². The van der Waals surface area contributed by atoms with Gasteiger partial charge in [-0.2, -0.15) is 0 Å². The number of aromatic nitrogens is 2. The second-order valence-corrected chi connectivity index (χ2v) is 3.15. The molecule has 140 valence electrons. The number of hydrogen-bond donors (Lipinski definition) is 8. The summed E-state index contributed by atoms with van der Waals surface area (Å²) in [6.45, 7) is 3.18. The van der Waals surface area contributed by atoms with Crippen molar-refractivity contribution in [2.24, 2.45) is 7.05 Å². The first kappa shape index (κ1) is 30.7. The molecule has 0 radical (unpaired) electrons. The van der Waals surface area contributed by atoms with Crippen LogP contribution in [0.1, 0.15) is 6.92 Å². The SMILES string of the molecule is CCn1cc[n+](C)c1.OB(O)F.OB(O)F.OB(O)F.OB(O)F. The number of halogens is 4. The highest BCUT2D eigenvalue weighted by atomic mass is 19.1. The van der Waals surface area contributed by atoms with Crippen molar-refractivity contribution in [1.29, 1.82) is 0 Å². The predicted molar refractivity (Wildman–Crippen MR) is 76.5 cm³/mol. The second-order valence-electron chi connectivity index (χ2n) is 3.15. The molecule has 0 bridgehead atoms. The Bertz CT molecular complexity index is 317. The first-order valence-electron chi connectivity index (χ1n) is 5.78. The average molecular weight is 366 g/mol. The lowest BCUT2D eigenvalue weighted by molar-refractivity contribution is -0.671. The maximum absolute atomic E-state index is 10.1. The van der Waals surface area contributed by atoms with Crippen LogP contribution >= 0.6 is 0 Å². The summed E-state index contributed by atoms with van der Waals surface area (Å²) in [5.74, 6) is 0. The lowest BCUT2D eigenvalue weighted by Crippen LogP contribution is -2.23. The Balaban J connectivity index is -0.000000110. The highest BCUT2D eigenvalue weighted by Gasteiger charge is 1.98. The lowest BCUT2D eigenvalue weighted by Gasteiger charge is -1.81. The molecule has 0 saturated carbocycles. The van der Waals surface area contributed by atoms with Crippen LogP contribution in [0, 0.1) is 0 Å². The average Bonchev–Trinajstić information content (AvgIpc) is 2.72. The fraction of sp³-hybridized carbons (Fsp3) is 0.500. The quantitative estimate of drug-likeness (QED) is 0.141. The van der Waals surface area contributed by atoms with Crippen LogP contribution in [-0.2, 0) is 13.6 Å². The molecule has 0 aromatic carbocycles. The zero-order valence-electron chi connectivity index (χ0n) is 12.7. The minimum absolute atomic E-state index is 1.06. The molecule has 0 aliphatic rings. The molecule has 8 N–H and O–H groups in total. The largest absolute Gasteiger partial charge is 0.674 e. The van der Waals surface area contributed by atoms with Crippen LogP contribution in [0.3, 0.4) is 0 Å². The summed E-state index contributed by atoms with van der Waals surface area (Å²) in [5.41, 5.74) is 0. The van der Waals surface area contributed by atoms with E-state index in [0.29, 0.717) is 0 Å². The van der Waals surface area contributed by atoms with E-state index in [1.807, 2.05) is 17.8 Å². The van der Waals surface area contributed by atoms with E-state index in [1.165, 1.54) is 0 Å². The summed E-state index contributed by atoms with van der Waals surface area (Å²) in [6, 6.07) is 0. The standard InChI is InChI=1S/C6H11N2.4BFH2O2/c1-3-8-5-4-7(2)6-8;4*2-1(3)4/h4-6H,3H2,1-2H3;4*3-4H/q+1;;;;. The smallest absolute Gasteiger partial charge is 0.398 e. The molecular formula is C6H19B4F4N2O8+. The van der Waals surface area contributed by atoms with Crippen LogP contribution in [0.5, 0.6) is 0 Å². The van der Waals surface area contributed by atoms with Crippen LogP contribution in [0.4, 0.5) is 17.3 Å². The van der Waals surface area contributed by atoms with Gasteiger partial charge in [0.15, 0.2) is 0 Å². The maximum atomic E-state index is 10.1. The fourth-order valence-electron chi connectivity index (χ4n) is 0.689. The molecule has 1 aromatic rings. The molecule has 1 aromatic heterocycles. The Morgan fingerprint density at radius 2 is 1.04 bits per heavy atom. The van der Waals surface area contributed by atoms with Crippen LogP contribution in [0.15, 0.2) is 18.7 Å². The summed E-state index contributed by atoms with van der Waals surface area (Å²) in [6.07, 6.45) is 6.14. The van der Waals surface area contributed by atoms with Crippen molar-refractivity contribution in [1.82, 2.24) is 4.57 Å². The Kier molecular flexibility index (Phi) is 28.0.